The lowest BCUT2D eigenvalue weighted by Crippen LogP contribution is -1.90. The molecule has 0 amide bonds. The minimum Gasteiger partial charge on any atom is -0.496 e. The number of methoxy groups -OCH3 is 1. The van der Waals surface area contributed by atoms with Crippen LogP contribution in [0.3, 0.4) is 0 Å². The van der Waals surface area contributed by atoms with E-state index in [1.165, 1.54) is 0 Å². The van der Waals surface area contributed by atoms with Crippen LogP contribution in [0.25, 0.3) is 6.08 Å². The molecule has 0 saturated carbocycles. The van der Waals surface area contributed by atoms with E-state index in [1.54, 1.807) is 7.11 Å². The van der Waals surface area contributed by atoms with Gasteiger partial charge in [-0.2, -0.15) is 0 Å². The van der Waals surface area contributed by atoms with Gasteiger partial charge in [0.25, 0.3) is 0 Å². The zero-order valence-corrected chi connectivity index (χ0v) is 9.26. The van der Waals surface area contributed by atoms with E-state index in [1.807, 2.05) is 31.2 Å². The predicted molar refractivity (Wildman–Crippen MR) is 58.5 cm³/mol. The van der Waals surface area contributed by atoms with Crippen molar-refractivity contribution >= 4 is 22.0 Å². The van der Waals surface area contributed by atoms with Gasteiger partial charge >= 0.3 is 0 Å². The normalized spacial score (nSPS) is 11.5. The van der Waals surface area contributed by atoms with Crippen LogP contribution in [0.5, 0.6) is 5.75 Å². The summed E-state index contributed by atoms with van der Waals surface area (Å²) < 4.78 is 6.04. The summed E-state index contributed by atoms with van der Waals surface area (Å²) in [5.41, 5.74) is 7.41. The number of benzene rings is 1. The summed E-state index contributed by atoms with van der Waals surface area (Å²) in [6, 6.07) is 5.83. The van der Waals surface area contributed by atoms with Crippen molar-refractivity contribution in [2.45, 2.75) is 6.92 Å². The molecule has 0 aliphatic carbocycles. The molecule has 0 saturated heterocycles. The predicted octanol–water partition coefficient (Wildman–Crippen LogP) is 2.78. The monoisotopic (exact) mass is 241 g/mol. The second-order valence-corrected chi connectivity index (χ2v) is 3.64. The first-order chi connectivity index (χ1) is 6.13. The second-order valence-electron chi connectivity index (χ2n) is 2.78. The highest BCUT2D eigenvalue weighted by Gasteiger charge is 1.98. The Morgan fingerprint density at radius 2 is 2.23 bits per heavy atom. The van der Waals surface area contributed by atoms with Crippen molar-refractivity contribution in [1.29, 1.82) is 0 Å². The van der Waals surface area contributed by atoms with Gasteiger partial charge in [0.1, 0.15) is 5.75 Å². The van der Waals surface area contributed by atoms with E-state index in [-0.39, 0.29) is 0 Å². The third kappa shape index (κ3) is 2.77. The highest BCUT2D eigenvalue weighted by Crippen LogP contribution is 2.26. The molecule has 13 heavy (non-hydrogen) atoms. The van der Waals surface area contributed by atoms with Gasteiger partial charge in [-0.3, -0.25) is 0 Å². The zero-order chi connectivity index (χ0) is 9.84. The molecule has 1 aromatic carbocycles. The van der Waals surface area contributed by atoms with Crippen molar-refractivity contribution < 1.29 is 4.74 Å². The fraction of sp³-hybridized carbons (Fsp3) is 0.200. The Kier molecular flexibility index (Phi) is 3.37. The lowest BCUT2D eigenvalue weighted by molar-refractivity contribution is 0.412. The molecule has 1 rings (SSSR count). The van der Waals surface area contributed by atoms with Gasteiger partial charge in [0, 0.05) is 5.70 Å². The van der Waals surface area contributed by atoms with Gasteiger partial charge in [0.2, 0.25) is 0 Å². The first-order valence-electron chi connectivity index (χ1n) is 3.91. The largest absolute Gasteiger partial charge is 0.496 e. The van der Waals surface area contributed by atoms with E-state index < -0.39 is 0 Å². The lowest BCUT2D eigenvalue weighted by Gasteiger charge is -2.03. The van der Waals surface area contributed by atoms with Crippen LogP contribution in [0.1, 0.15) is 12.5 Å². The lowest BCUT2D eigenvalue weighted by atomic mass is 10.2. The summed E-state index contributed by atoms with van der Waals surface area (Å²) in [5, 5.41) is 0. The van der Waals surface area contributed by atoms with Crippen LogP contribution in [-0.4, -0.2) is 7.11 Å². The summed E-state index contributed by atoms with van der Waals surface area (Å²) in [7, 11) is 1.64. The van der Waals surface area contributed by atoms with Crippen molar-refractivity contribution in [2.75, 3.05) is 7.11 Å². The second kappa shape index (κ2) is 4.33. The van der Waals surface area contributed by atoms with Crippen molar-refractivity contribution in [1.82, 2.24) is 0 Å². The maximum Gasteiger partial charge on any atom is 0.133 e. The SMILES string of the molecule is COc1ccc(/C=C(\C)N)cc1Br. The molecule has 0 spiro atoms. The summed E-state index contributed by atoms with van der Waals surface area (Å²) in [4.78, 5) is 0. The van der Waals surface area contributed by atoms with Crippen molar-refractivity contribution in [2.24, 2.45) is 5.73 Å². The maximum atomic E-state index is 5.56. The van der Waals surface area contributed by atoms with Crippen LogP contribution in [0.4, 0.5) is 0 Å². The van der Waals surface area contributed by atoms with Gasteiger partial charge in [0.15, 0.2) is 0 Å². The average Bonchev–Trinajstić information content (AvgIpc) is 2.03. The molecule has 1 aromatic rings. The van der Waals surface area contributed by atoms with E-state index in [4.69, 9.17) is 10.5 Å². The van der Waals surface area contributed by atoms with E-state index >= 15 is 0 Å². The quantitative estimate of drug-likeness (QED) is 0.865. The Morgan fingerprint density at radius 3 is 2.69 bits per heavy atom. The number of allylic oxidation sites excluding steroid dienone is 1. The van der Waals surface area contributed by atoms with Gasteiger partial charge in [0.05, 0.1) is 11.6 Å². The highest BCUT2D eigenvalue weighted by molar-refractivity contribution is 9.10. The molecular weight excluding hydrogens is 230 g/mol. The molecule has 0 fully saturated rings. The molecule has 70 valence electrons. The minimum absolute atomic E-state index is 0.789. The van der Waals surface area contributed by atoms with Crippen LogP contribution >= 0.6 is 15.9 Å². The van der Waals surface area contributed by atoms with Gasteiger partial charge in [-0.15, -0.1) is 0 Å². The van der Waals surface area contributed by atoms with Crippen LogP contribution in [-0.2, 0) is 0 Å². The number of halogens is 1. The van der Waals surface area contributed by atoms with E-state index in [0.717, 1.165) is 21.5 Å². The van der Waals surface area contributed by atoms with Gasteiger partial charge in [-0.05, 0) is 46.6 Å². The molecule has 2 nitrogen and oxygen atoms in total. The third-order valence-corrected chi connectivity index (χ3v) is 2.19. The van der Waals surface area contributed by atoms with E-state index in [0.29, 0.717) is 0 Å². The molecule has 0 heterocycles. The third-order valence-electron chi connectivity index (χ3n) is 1.57. The fourth-order valence-corrected chi connectivity index (χ4v) is 1.59. The Bertz CT molecular complexity index is 330. The van der Waals surface area contributed by atoms with Crippen LogP contribution in [0.2, 0.25) is 0 Å². The van der Waals surface area contributed by atoms with Crippen molar-refractivity contribution in [3.05, 3.63) is 33.9 Å². The fourth-order valence-electron chi connectivity index (χ4n) is 1.04. The molecule has 3 heteroatoms. The molecule has 0 atom stereocenters. The Labute approximate surface area is 86.5 Å². The summed E-state index contributed by atoms with van der Waals surface area (Å²) in [6.45, 7) is 1.86. The van der Waals surface area contributed by atoms with Crippen LogP contribution in [0.15, 0.2) is 28.4 Å². The van der Waals surface area contributed by atoms with Crippen LogP contribution < -0.4 is 10.5 Å². The van der Waals surface area contributed by atoms with Gasteiger partial charge in [-0.25, -0.2) is 0 Å². The molecule has 0 radical (unpaired) electrons. The average molecular weight is 242 g/mol. The standard InChI is InChI=1S/C10H12BrNO/c1-7(12)5-8-3-4-10(13-2)9(11)6-8/h3-6H,12H2,1-2H3/b7-5+. The molecule has 0 aliphatic rings. The first kappa shape index (κ1) is 10.1. The van der Waals surface area contributed by atoms with Crippen molar-refractivity contribution in [3.8, 4) is 5.75 Å². The van der Waals surface area contributed by atoms with Crippen LogP contribution in [0, 0.1) is 0 Å². The number of hydrogen-bond acceptors (Lipinski definition) is 2. The molecule has 0 bridgehead atoms. The minimum atomic E-state index is 0.789. The molecular formula is C10H12BrNO. The molecule has 2 N–H and O–H groups in total. The molecule has 0 aliphatic heterocycles. The van der Waals surface area contributed by atoms with Gasteiger partial charge < -0.3 is 10.5 Å². The topological polar surface area (TPSA) is 35.2 Å². The maximum absolute atomic E-state index is 5.56. The first-order valence-corrected chi connectivity index (χ1v) is 4.70. The van der Waals surface area contributed by atoms with E-state index in [9.17, 15) is 0 Å². The smallest absolute Gasteiger partial charge is 0.133 e. The summed E-state index contributed by atoms with van der Waals surface area (Å²) in [6.07, 6.45) is 1.91. The Hall–Kier alpha value is -0.960. The number of nitrogens with two attached hydrogens (primary N) is 1. The summed E-state index contributed by atoms with van der Waals surface area (Å²) >= 11 is 3.40. The number of rotatable bonds is 2. The molecule has 0 unspecified atom stereocenters. The van der Waals surface area contributed by atoms with Crippen molar-refractivity contribution in [3.63, 3.8) is 0 Å². The van der Waals surface area contributed by atoms with Gasteiger partial charge in [-0.1, -0.05) is 6.07 Å². The zero-order valence-electron chi connectivity index (χ0n) is 7.67. The Balaban J connectivity index is 3.03. The molecule has 0 aromatic heterocycles. The summed E-state index contributed by atoms with van der Waals surface area (Å²) in [5.74, 6) is 0.826. The highest BCUT2D eigenvalue weighted by atomic mass is 79.9. The Morgan fingerprint density at radius 1 is 1.54 bits per heavy atom. The number of ether oxygens (including phenoxy) is 1. The van der Waals surface area contributed by atoms with E-state index in [2.05, 4.69) is 15.9 Å². The number of hydrogen-bond donors (Lipinski definition) is 1.